The summed E-state index contributed by atoms with van der Waals surface area (Å²) in [6.07, 6.45) is 4.36. The Morgan fingerprint density at radius 2 is 2.40 bits per heavy atom. The number of methoxy groups -OCH3 is 1. The molecule has 0 aliphatic rings. The molecule has 0 bridgehead atoms. The molecular weight excluding hydrogens is 196 g/mol. The van der Waals surface area contributed by atoms with Gasteiger partial charge in [0.1, 0.15) is 6.26 Å². The van der Waals surface area contributed by atoms with E-state index in [0.29, 0.717) is 17.0 Å². The zero-order chi connectivity index (χ0) is 10.8. The van der Waals surface area contributed by atoms with E-state index in [9.17, 15) is 4.79 Å². The van der Waals surface area contributed by atoms with Crippen molar-refractivity contribution in [2.24, 2.45) is 7.05 Å². The highest BCUT2D eigenvalue weighted by molar-refractivity contribution is 6.09. The minimum absolute atomic E-state index is 0.166. The highest BCUT2D eigenvalue weighted by Gasteiger charge is 2.19. The second kappa shape index (κ2) is 3.61. The van der Waals surface area contributed by atoms with Crippen LogP contribution in [0.3, 0.4) is 0 Å². The van der Waals surface area contributed by atoms with Crippen LogP contribution >= 0.6 is 0 Å². The highest BCUT2D eigenvalue weighted by Crippen LogP contribution is 2.20. The second-order valence-corrected chi connectivity index (χ2v) is 3.03. The minimum atomic E-state index is -0.166. The number of carbonyl (C=O) groups excluding carboxylic acids is 1. The number of nitrogens with zero attached hydrogens (tertiary/aromatic N) is 2. The van der Waals surface area contributed by atoms with E-state index in [1.807, 2.05) is 0 Å². The van der Waals surface area contributed by atoms with Crippen molar-refractivity contribution >= 4 is 5.78 Å². The Balaban J connectivity index is 2.45. The molecular formula is C10H10N2O3. The van der Waals surface area contributed by atoms with Gasteiger partial charge in [0.05, 0.1) is 25.1 Å². The van der Waals surface area contributed by atoms with E-state index in [0.717, 1.165) is 0 Å². The molecule has 0 unspecified atom stereocenters. The lowest BCUT2D eigenvalue weighted by Crippen LogP contribution is -2.08. The summed E-state index contributed by atoms with van der Waals surface area (Å²) in [6, 6.07) is 1.61. The van der Waals surface area contributed by atoms with Gasteiger partial charge in [0.15, 0.2) is 11.4 Å². The molecule has 0 spiro atoms. The Kier molecular flexibility index (Phi) is 2.29. The SMILES string of the molecule is COc1cnn(C)c1C(=O)c1ccoc1. The summed E-state index contributed by atoms with van der Waals surface area (Å²) in [5.41, 5.74) is 0.899. The summed E-state index contributed by atoms with van der Waals surface area (Å²) in [7, 11) is 3.19. The smallest absolute Gasteiger partial charge is 0.218 e. The van der Waals surface area contributed by atoms with E-state index < -0.39 is 0 Å². The number of hydrogen-bond donors (Lipinski definition) is 0. The monoisotopic (exact) mass is 206 g/mol. The van der Waals surface area contributed by atoms with Crippen molar-refractivity contribution in [1.29, 1.82) is 0 Å². The summed E-state index contributed by atoms with van der Waals surface area (Å²) in [5, 5.41) is 3.96. The van der Waals surface area contributed by atoms with Crippen molar-refractivity contribution in [3.8, 4) is 5.75 Å². The molecule has 0 aromatic carbocycles. The van der Waals surface area contributed by atoms with Crippen LogP contribution in [-0.4, -0.2) is 22.7 Å². The molecule has 2 aromatic rings. The number of aromatic nitrogens is 2. The van der Waals surface area contributed by atoms with E-state index in [1.165, 1.54) is 30.5 Å². The Morgan fingerprint density at radius 1 is 1.60 bits per heavy atom. The number of carbonyl (C=O) groups is 1. The molecule has 5 heteroatoms. The van der Waals surface area contributed by atoms with Crippen LogP contribution in [0.5, 0.6) is 5.75 Å². The Labute approximate surface area is 86.3 Å². The zero-order valence-electron chi connectivity index (χ0n) is 8.43. The van der Waals surface area contributed by atoms with Crippen LogP contribution in [0.15, 0.2) is 29.2 Å². The molecule has 0 atom stereocenters. The van der Waals surface area contributed by atoms with E-state index in [4.69, 9.17) is 9.15 Å². The van der Waals surface area contributed by atoms with Crippen molar-refractivity contribution in [3.05, 3.63) is 36.0 Å². The van der Waals surface area contributed by atoms with Crippen LogP contribution in [-0.2, 0) is 7.05 Å². The van der Waals surface area contributed by atoms with Gasteiger partial charge in [0, 0.05) is 7.05 Å². The molecule has 5 nitrogen and oxygen atoms in total. The van der Waals surface area contributed by atoms with Crippen molar-refractivity contribution in [2.45, 2.75) is 0 Å². The molecule has 2 heterocycles. The first-order valence-electron chi connectivity index (χ1n) is 4.37. The van der Waals surface area contributed by atoms with Crippen LogP contribution < -0.4 is 4.74 Å². The molecule has 0 radical (unpaired) electrons. The summed E-state index contributed by atoms with van der Waals surface area (Å²) in [6.45, 7) is 0. The largest absolute Gasteiger partial charge is 0.493 e. The number of furan rings is 1. The third kappa shape index (κ3) is 1.52. The van der Waals surface area contributed by atoms with E-state index in [-0.39, 0.29) is 5.78 Å². The maximum Gasteiger partial charge on any atom is 0.218 e. The summed E-state index contributed by atoms with van der Waals surface area (Å²) < 4.78 is 11.4. The third-order valence-corrected chi connectivity index (χ3v) is 2.12. The van der Waals surface area contributed by atoms with Gasteiger partial charge in [-0.05, 0) is 6.07 Å². The Hall–Kier alpha value is -2.04. The first kappa shape index (κ1) is 9.51. The van der Waals surface area contributed by atoms with Gasteiger partial charge in [-0.2, -0.15) is 5.10 Å². The molecule has 2 aromatic heterocycles. The molecule has 0 amide bonds. The molecule has 0 fully saturated rings. The van der Waals surface area contributed by atoms with Crippen LogP contribution in [0.2, 0.25) is 0 Å². The summed E-state index contributed by atoms with van der Waals surface area (Å²) in [4.78, 5) is 12.0. The maximum absolute atomic E-state index is 12.0. The standard InChI is InChI=1S/C10H10N2O3/c1-12-9(8(14-2)5-11-12)10(13)7-3-4-15-6-7/h3-6H,1-2H3. The Morgan fingerprint density at radius 3 is 3.00 bits per heavy atom. The minimum Gasteiger partial charge on any atom is -0.493 e. The molecule has 0 saturated carbocycles. The number of rotatable bonds is 3. The van der Waals surface area contributed by atoms with Crippen LogP contribution in [0.1, 0.15) is 16.1 Å². The van der Waals surface area contributed by atoms with Gasteiger partial charge in [0.2, 0.25) is 5.78 Å². The van der Waals surface area contributed by atoms with E-state index in [2.05, 4.69) is 5.10 Å². The first-order chi connectivity index (χ1) is 7.24. The normalized spacial score (nSPS) is 10.3. The maximum atomic E-state index is 12.0. The summed E-state index contributed by atoms with van der Waals surface area (Å²) in [5.74, 6) is 0.296. The van der Waals surface area contributed by atoms with E-state index >= 15 is 0 Å². The van der Waals surface area contributed by atoms with Gasteiger partial charge in [-0.15, -0.1) is 0 Å². The van der Waals surface area contributed by atoms with Crippen LogP contribution in [0, 0.1) is 0 Å². The number of ketones is 1. The van der Waals surface area contributed by atoms with Gasteiger partial charge in [-0.1, -0.05) is 0 Å². The molecule has 0 saturated heterocycles. The van der Waals surface area contributed by atoms with Crippen molar-refractivity contribution in [3.63, 3.8) is 0 Å². The highest BCUT2D eigenvalue weighted by atomic mass is 16.5. The lowest BCUT2D eigenvalue weighted by Gasteiger charge is -2.01. The average molecular weight is 206 g/mol. The fraction of sp³-hybridized carbons (Fsp3) is 0.200. The number of aryl methyl sites for hydroxylation is 1. The van der Waals surface area contributed by atoms with Gasteiger partial charge in [-0.25, -0.2) is 0 Å². The van der Waals surface area contributed by atoms with Crippen LogP contribution in [0.4, 0.5) is 0 Å². The van der Waals surface area contributed by atoms with E-state index in [1.54, 1.807) is 13.1 Å². The van der Waals surface area contributed by atoms with Gasteiger partial charge < -0.3 is 9.15 Å². The quantitative estimate of drug-likeness (QED) is 0.709. The zero-order valence-corrected chi connectivity index (χ0v) is 8.43. The predicted molar refractivity (Wildman–Crippen MR) is 51.9 cm³/mol. The Bertz CT molecular complexity index is 471. The van der Waals surface area contributed by atoms with Crippen LogP contribution in [0.25, 0.3) is 0 Å². The number of ether oxygens (including phenoxy) is 1. The van der Waals surface area contributed by atoms with Crippen molar-refractivity contribution in [1.82, 2.24) is 9.78 Å². The molecule has 0 N–H and O–H groups in total. The average Bonchev–Trinajstić information content (AvgIpc) is 2.85. The van der Waals surface area contributed by atoms with Gasteiger partial charge in [-0.3, -0.25) is 9.48 Å². The molecule has 0 aliphatic carbocycles. The molecule has 0 aliphatic heterocycles. The van der Waals surface area contributed by atoms with Gasteiger partial charge in [0.25, 0.3) is 0 Å². The number of hydrogen-bond acceptors (Lipinski definition) is 4. The third-order valence-electron chi connectivity index (χ3n) is 2.12. The lowest BCUT2D eigenvalue weighted by atomic mass is 10.1. The summed E-state index contributed by atoms with van der Waals surface area (Å²) >= 11 is 0. The lowest BCUT2D eigenvalue weighted by molar-refractivity contribution is 0.102. The second-order valence-electron chi connectivity index (χ2n) is 3.03. The first-order valence-corrected chi connectivity index (χ1v) is 4.37. The molecule has 78 valence electrons. The fourth-order valence-corrected chi connectivity index (χ4v) is 1.36. The topological polar surface area (TPSA) is 57.3 Å². The van der Waals surface area contributed by atoms with Crippen molar-refractivity contribution < 1.29 is 13.9 Å². The predicted octanol–water partition coefficient (Wildman–Crippen LogP) is 1.25. The fourth-order valence-electron chi connectivity index (χ4n) is 1.36. The van der Waals surface area contributed by atoms with Crippen molar-refractivity contribution in [2.75, 3.05) is 7.11 Å². The molecule has 2 rings (SSSR count). The molecule has 15 heavy (non-hydrogen) atoms. The van der Waals surface area contributed by atoms with Gasteiger partial charge >= 0.3 is 0 Å².